The highest BCUT2D eigenvalue weighted by molar-refractivity contribution is 7.91. The molecule has 1 N–H and O–H groups in total. The fraction of sp³-hybridized carbons (Fsp3) is 0.600. The maximum atomic E-state index is 11.5. The quantitative estimate of drug-likeness (QED) is 0.920. The molecule has 1 aliphatic rings. The van der Waals surface area contributed by atoms with E-state index < -0.39 is 9.84 Å². The van der Waals surface area contributed by atoms with E-state index in [1.54, 1.807) is 0 Å². The number of anilines is 1. The second kappa shape index (κ2) is 6.14. The van der Waals surface area contributed by atoms with E-state index in [0.717, 1.165) is 6.54 Å². The maximum absolute atomic E-state index is 11.5. The monoisotopic (exact) mass is 296 g/mol. The normalized spacial score (nSPS) is 18.5. The summed E-state index contributed by atoms with van der Waals surface area (Å²) in [7, 11) is -0.891. The Balaban J connectivity index is 2.26. The van der Waals surface area contributed by atoms with Crippen LogP contribution in [0.25, 0.3) is 0 Å². The van der Waals surface area contributed by atoms with Crippen molar-refractivity contribution in [2.45, 2.75) is 26.3 Å². The molecule has 0 unspecified atom stereocenters. The number of benzene rings is 1. The fourth-order valence-corrected chi connectivity index (χ4v) is 3.76. The smallest absolute Gasteiger partial charge is 0.153 e. The highest BCUT2D eigenvalue weighted by Gasteiger charge is 2.23. The largest absolute Gasteiger partial charge is 0.369 e. The molecule has 0 saturated carbocycles. The van der Waals surface area contributed by atoms with Gasteiger partial charge in [-0.15, -0.1) is 0 Å². The summed E-state index contributed by atoms with van der Waals surface area (Å²) in [5.74, 6) is 1.02. The third-order valence-electron chi connectivity index (χ3n) is 3.82. The number of nitrogens with one attached hydrogen (secondary N) is 1. The van der Waals surface area contributed by atoms with Gasteiger partial charge < -0.3 is 10.2 Å². The average Bonchev–Trinajstić information content (AvgIpc) is 2.39. The average molecular weight is 296 g/mol. The molecule has 4 nitrogen and oxygen atoms in total. The van der Waals surface area contributed by atoms with Gasteiger partial charge in [0, 0.05) is 25.3 Å². The van der Waals surface area contributed by atoms with Crippen LogP contribution in [0.2, 0.25) is 0 Å². The first-order chi connectivity index (χ1) is 9.43. The molecule has 1 aromatic carbocycles. The lowest BCUT2D eigenvalue weighted by atomic mass is 9.99. The second-order valence-electron chi connectivity index (χ2n) is 5.71. The van der Waals surface area contributed by atoms with E-state index in [9.17, 15) is 8.42 Å². The van der Waals surface area contributed by atoms with Crippen LogP contribution >= 0.6 is 0 Å². The molecule has 0 spiro atoms. The van der Waals surface area contributed by atoms with Crippen LogP contribution in [0.4, 0.5) is 5.69 Å². The zero-order valence-electron chi connectivity index (χ0n) is 12.5. The van der Waals surface area contributed by atoms with Crippen molar-refractivity contribution in [3.05, 3.63) is 29.3 Å². The molecule has 1 aliphatic heterocycles. The first-order valence-corrected chi connectivity index (χ1v) is 8.98. The summed E-state index contributed by atoms with van der Waals surface area (Å²) in [6, 6.07) is 6.53. The van der Waals surface area contributed by atoms with E-state index >= 15 is 0 Å². The van der Waals surface area contributed by atoms with Crippen molar-refractivity contribution in [3.8, 4) is 0 Å². The Bertz CT molecular complexity index is 553. The molecule has 0 amide bonds. The van der Waals surface area contributed by atoms with Crippen molar-refractivity contribution in [3.63, 3.8) is 0 Å². The predicted octanol–water partition coefficient (Wildman–Crippen LogP) is 1.76. The Morgan fingerprint density at radius 2 is 1.90 bits per heavy atom. The lowest BCUT2D eigenvalue weighted by molar-refractivity contribution is 0.586. The molecule has 0 bridgehead atoms. The summed E-state index contributed by atoms with van der Waals surface area (Å²) >= 11 is 0. The molecule has 5 heteroatoms. The zero-order chi connectivity index (χ0) is 14.8. The molecular weight excluding hydrogens is 272 g/mol. The zero-order valence-corrected chi connectivity index (χ0v) is 13.3. The van der Waals surface area contributed by atoms with Crippen LogP contribution < -0.4 is 10.2 Å². The molecule has 20 heavy (non-hydrogen) atoms. The minimum Gasteiger partial charge on any atom is -0.369 e. The number of sulfone groups is 1. The van der Waals surface area contributed by atoms with Crippen molar-refractivity contribution < 1.29 is 8.42 Å². The first-order valence-electron chi connectivity index (χ1n) is 7.16. The third-order valence-corrected chi connectivity index (χ3v) is 5.43. The molecule has 0 atom stereocenters. The summed E-state index contributed by atoms with van der Waals surface area (Å²) in [6.45, 7) is 6.37. The van der Waals surface area contributed by atoms with E-state index in [-0.39, 0.29) is 11.5 Å². The summed E-state index contributed by atoms with van der Waals surface area (Å²) in [4.78, 5) is 2.19. The van der Waals surface area contributed by atoms with Crippen LogP contribution in [0.15, 0.2) is 18.2 Å². The number of hydrogen-bond donors (Lipinski definition) is 1. The van der Waals surface area contributed by atoms with E-state index in [1.807, 2.05) is 7.05 Å². The molecule has 1 heterocycles. The van der Waals surface area contributed by atoms with Crippen molar-refractivity contribution >= 4 is 15.5 Å². The van der Waals surface area contributed by atoms with Gasteiger partial charge in [-0.1, -0.05) is 26.0 Å². The van der Waals surface area contributed by atoms with E-state index in [0.29, 0.717) is 19.0 Å². The Morgan fingerprint density at radius 1 is 1.25 bits per heavy atom. The maximum Gasteiger partial charge on any atom is 0.153 e. The van der Waals surface area contributed by atoms with Crippen LogP contribution in [-0.2, 0) is 16.4 Å². The van der Waals surface area contributed by atoms with Gasteiger partial charge in [0.05, 0.1) is 11.5 Å². The van der Waals surface area contributed by atoms with Gasteiger partial charge in [-0.05, 0) is 30.2 Å². The van der Waals surface area contributed by atoms with Crippen molar-refractivity contribution in [2.24, 2.45) is 0 Å². The van der Waals surface area contributed by atoms with Gasteiger partial charge >= 0.3 is 0 Å². The summed E-state index contributed by atoms with van der Waals surface area (Å²) in [6.07, 6.45) is 0. The van der Waals surface area contributed by atoms with Gasteiger partial charge in [0.1, 0.15) is 0 Å². The summed E-state index contributed by atoms with van der Waals surface area (Å²) < 4.78 is 23.1. The van der Waals surface area contributed by atoms with Crippen molar-refractivity contribution in [2.75, 3.05) is 36.5 Å². The standard InChI is InChI=1S/C15H24N2O2S/c1-12(2)13-4-5-15(14(10-13)11-16-3)17-6-8-20(18,19)9-7-17/h4-5,10,12,16H,6-9,11H2,1-3H3. The number of hydrogen-bond acceptors (Lipinski definition) is 4. The molecule has 0 radical (unpaired) electrons. The number of rotatable bonds is 4. The van der Waals surface area contributed by atoms with Crippen molar-refractivity contribution in [1.29, 1.82) is 0 Å². The third kappa shape index (κ3) is 3.52. The minimum atomic E-state index is -2.83. The van der Waals surface area contributed by atoms with Crippen molar-refractivity contribution in [1.82, 2.24) is 5.32 Å². The predicted molar refractivity (Wildman–Crippen MR) is 84.2 cm³/mol. The van der Waals surface area contributed by atoms with Gasteiger partial charge in [0.2, 0.25) is 0 Å². The minimum absolute atomic E-state index is 0.262. The number of nitrogens with zero attached hydrogens (tertiary/aromatic N) is 1. The fourth-order valence-electron chi connectivity index (χ4n) is 2.56. The topological polar surface area (TPSA) is 49.4 Å². The molecule has 0 aromatic heterocycles. The van der Waals surface area contributed by atoms with Crippen LogP contribution in [-0.4, -0.2) is 40.1 Å². The van der Waals surface area contributed by atoms with Crippen LogP contribution in [0.5, 0.6) is 0 Å². The van der Waals surface area contributed by atoms with Crippen LogP contribution in [0.1, 0.15) is 30.9 Å². The molecule has 0 aliphatic carbocycles. The summed E-state index contributed by atoms with van der Waals surface area (Å²) in [5, 5.41) is 3.20. The van der Waals surface area contributed by atoms with Gasteiger partial charge in [0.25, 0.3) is 0 Å². The Kier molecular flexibility index (Phi) is 4.70. The SMILES string of the molecule is CNCc1cc(C(C)C)ccc1N1CCS(=O)(=O)CC1. The molecule has 1 aromatic rings. The van der Waals surface area contributed by atoms with E-state index in [1.165, 1.54) is 16.8 Å². The lowest BCUT2D eigenvalue weighted by Crippen LogP contribution is -2.40. The highest BCUT2D eigenvalue weighted by Crippen LogP contribution is 2.26. The van der Waals surface area contributed by atoms with Gasteiger partial charge in [0.15, 0.2) is 9.84 Å². The Morgan fingerprint density at radius 3 is 2.45 bits per heavy atom. The van der Waals surface area contributed by atoms with Crippen LogP contribution in [0.3, 0.4) is 0 Å². The van der Waals surface area contributed by atoms with E-state index in [2.05, 4.69) is 42.3 Å². The van der Waals surface area contributed by atoms with Gasteiger partial charge in [-0.25, -0.2) is 8.42 Å². The lowest BCUT2D eigenvalue weighted by Gasteiger charge is -2.31. The Hall–Kier alpha value is -1.07. The van der Waals surface area contributed by atoms with Gasteiger partial charge in [-0.2, -0.15) is 0 Å². The first kappa shape index (κ1) is 15.3. The van der Waals surface area contributed by atoms with Crippen LogP contribution in [0, 0.1) is 0 Å². The highest BCUT2D eigenvalue weighted by atomic mass is 32.2. The molecule has 1 fully saturated rings. The van der Waals surface area contributed by atoms with Gasteiger partial charge in [-0.3, -0.25) is 0 Å². The molecular formula is C15H24N2O2S. The Labute approximate surface area is 122 Å². The summed E-state index contributed by atoms with van der Waals surface area (Å²) in [5.41, 5.74) is 3.74. The molecule has 112 valence electrons. The molecule has 1 saturated heterocycles. The second-order valence-corrected chi connectivity index (χ2v) is 8.02. The molecule has 2 rings (SSSR count). The van der Waals surface area contributed by atoms with E-state index in [4.69, 9.17) is 0 Å².